The van der Waals surface area contributed by atoms with Crippen LogP contribution in [-0.2, 0) is 13.1 Å². The first-order valence-electron chi connectivity index (χ1n) is 9.49. The van der Waals surface area contributed by atoms with Gasteiger partial charge in [0.15, 0.2) is 5.78 Å². The van der Waals surface area contributed by atoms with Gasteiger partial charge in [0.05, 0.1) is 6.61 Å². The van der Waals surface area contributed by atoms with Crippen LogP contribution in [-0.4, -0.2) is 33.3 Å². The Bertz CT molecular complexity index is 1200. The fourth-order valence-electron chi connectivity index (χ4n) is 3.33. The van der Waals surface area contributed by atoms with Gasteiger partial charge in [0.2, 0.25) is 5.95 Å². The van der Waals surface area contributed by atoms with Gasteiger partial charge in [-0.25, -0.2) is 4.68 Å². The summed E-state index contributed by atoms with van der Waals surface area (Å²) in [7, 11) is 0. The number of fused-ring (bicyclic) bond motifs is 1. The molecule has 0 saturated carbocycles. The summed E-state index contributed by atoms with van der Waals surface area (Å²) in [5, 5.41) is 4.83. The number of anilines is 2. The zero-order valence-electron chi connectivity index (χ0n) is 16.2. The van der Waals surface area contributed by atoms with Crippen molar-refractivity contribution in [3.8, 4) is 5.75 Å². The molecule has 0 aliphatic carbocycles. The van der Waals surface area contributed by atoms with Gasteiger partial charge >= 0.3 is 11.1 Å². The molecular formula is C21H19ClN4O4. The number of benzene rings is 2. The first-order chi connectivity index (χ1) is 14.5. The normalized spacial score (nSPS) is 12.7. The molecule has 0 amide bonds. The molecule has 4 rings (SSSR count). The number of ether oxygens (including phenoxy) is 1. The van der Waals surface area contributed by atoms with E-state index in [1.807, 2.05) is 36.1 Å². The van der Waals surface area contributed by atoms with Crippen LogP contribution < -0.4 is 20.8 Å². The number of rotatable bonds is 6. The van der Waals surface area contributed by atoms with Crippen LogP contribution in [0, 0.1) is 0 Å². The fourth-order valence-corrected chi connectivity index (χ4v) is 3.46. The molecular weight excluding hydrogens is 408 g/mol. The Morgan fingerprint density at radius 2 is 1.73 bits per heavy atom. The number of hydrogen-bond acceptors (Lipinski definition) is 6. The van der Waals surface area contributed by atoms with Crippen LogP contribution >= 0.6 is 11.6 Å². The highest BCUT2D eigenvalue weighted by Gasteiger charge is 2.26. The van der Waals surface area contributed by atoms with Gasteiger partial charge < -0.3 is 9.64 Å². The van der Waals surface area contributed by atoms with Crippen molar-refractivity contribution in [3.63, 3.8) is 0 Å². The highest BCUT2D eigenvalue weighted by Crippen LogP contribution is 2.28. The number of Topliss-reactive ketones (excluding diaryl/α,β-unsaturated/α-hetero) is 1. The van der Waals surface area contributed by atoms with Crippen molar-refractivity contribution in [1.29, 1.82) is 0 Å². The molecule has 3 aromatic rings. The van der Waals surface area contributed by atoms with Crippen LogP contribution in [0.15, 0.2) is 58.1 Å². The maximum absolute atomic E-state index is 12.6. The molecule has 0 atom stereocenters. The maximum atomic E-state index is 12.6. The second-order valence-corrected chi connectivity index (χ2v) is 7.16. The van der Waals surface area contributed by atoms with Crippen LogP contribution in [0.4, 0.5) is 11.6 Å². The predicted octanol–water partition coefficient (Wildman–Crippen LogP) is 2.49. The van der Waals surface area contributed by atoms with E-state index in [4.69, 9.17) is 16.3 Å². The molecule has 0 spiro atoms. The van der Waals surface area contributed by atoms with Crippen LogP contribution in [0.5, 0.6) is 5.75 Å². The van der Waals surface area contributed by atoms with Gasteiger partial charge in [-0.1, -0.05) is 11.6 Å². The molecule has 30 heavy (non-hydrogen) atoms. The Hall–Kier alpha value is -3.39. The molecule has 2 aromatic carbocycles. The Kier molecular flexibility index (Phi) is 5.41. The minimum Gasteiger partial charge on any atom is -0.494 e. The number of aromatic nitrogens is 3. The lowest BCUT2D eigenvalue weighted by atomic mass is 10.1. The average Bonchev–Trinajstić information content (AvgIpc) is 3.17. The summed E-state index contributed by atoms with van der Waals surface area (Å²) in [5.41, 5.74) is -0.324. The zero-order valence-corrected chi connectivity index (χ0v) is 17.0. The third-order valence-corrected chi connectivity index (χ3v) is 5.07. The summed E-state index contributed by atoms with van der Waals surface area (Å²) in [6, 6.07) is 13.7. The molecule has 0 bridgehead atoms. The van der Waals surface area contributed by atoms with Crippen LogP contribution in [0.25, 0.3) is 0 Å². The number of carbonyl (C=O) groups is 1. The molecule has 0 unspecified atom stereocenters. The summed E-state index contributed by atoms with van der Waals surface area (Å²) in [6.45, 7) is 2.98. The van der Waals surface area contributed by atoms with E-state index in [0.29, 0.717) is 36.2 Å². The molecule has 0 fully saturated rings. The number of nitrogens with zero attached hydrogens (tertiary/aromatic N) is 4. The van der Waals surface area contributed by atoms with Crippen molar-refractivity contribution in [1.82, 2.24) is 14.3 Å². The van der Waals surface area contributed by atoms with Gasteiger partial charge in [-0.2, -0.15) is 0 Å². The van der Waals surface area contributed by atoms with Crippen molar-refractivity contribution in [3.05, 3.63) is 79.8 Å². The van der Waals surface area contributed by atoms with Crippen molar-refractivity contribution in [2.75, 3.05) is 18.1 Å². The molecule has 9 heteroatoms. The number of halogens is 1. The summed E-state index contributed by atoms with van der Waals surface area (Å²) >= 11 is 5.85. The summed E-state index contributed by atoms with van der Waals surface area (Å²) in [5.74, 6) is 0.730. The number of hydrogen-bond donors (Lipinski definition) is 0. The van der Waals surface area contributed by atoms with Gasteiger partial charge in [-0.05, 0) is 55.5 Å². The van der Waals surface area contributed by atoms with Crippen molar-refractivity contribution < 1.29 is 9.53 Å². The van der Waals surface area contributed by atoms with Gasteiger partial charge in [-0.15, -0.1) is 5.10 Å². The predicted molar refractivity (Wildman–Crippen MR) is 113 cm³/mol. The van der Waals surface area contributed by atoms with E-state index in [-0.39, 0.29) is 12.3 Å². The Balaban J connectivity index is 1.66. The van der Waals surface area contributed by atoms with E-state index in [1.165, 1.54) is 4.57 Å². The fraction of sp³-hybridized carbons (Fsp3) is 0.238. The van der Waals surface area contributed by atoms with Gasteiger partial charge in [-0.3, -0.25) is 19.0 Å². The standard InChI is InChI=1S/C21H19ClN4O4/c1-2-30-17-9-7-16(8-10-17)24-11-12-25-19(28)20(29)26(23-21(24)25)13-18(27)14-3-5-15(22)6-4-14/h3-10H,2,11-13H2,1H3. The van der Waals surface area contributed by atoms with Crippen LogP contribution in [0.2, 0.25) is 5.02 Å². The second kappa shape index (κ2) is 8.16. The quantitative estimate of drug-likeness (QED) is 0.444. The topological polar surface area (TPSA) is 86.4 Å². The summed E-state index contributed by atoms with van der Waals surface area (Å²) < 4.78 is 7.72. The highest BCUT2D eigenvalue weighted by molar-refractivity contribution is 6.30. The number of carbonyl (C=O) groups excluding carboxylic acids is 1. The lowest BCUT2D eigenvalue weighted by molar-refractivity contribution is 0.0965. The largest absolute Gasteiger partial charge is 0.494 e. The minimum absolute atomic E-state index is 0.327. The summed E-state index contributed by atoms with van der Waals surface area (Å²) in [6.07, 6.45) is 0. The Morgan fingerprint density at radius 1 is 1.03 bits per heavy atom. The SMILES string of the molecule is CCOc1ccc(N2CCn3c2nn(CC(=O)c2ccc(Cl)cc2)c(=O)c3=O)cc1. The first kappa shape index (κ1) is 19.9. The zero-order chi connectivity index (χ0) is 21.3. The summed E-state index contributed by atoms with van der Waals surface area (Å²) in [4.78, 5) is 39.4. The molecule has 1 aliphatic heterocycles. The minimum atomic E-state index is -0.824. The number of ketones is 1. The Labute approximate surface area is 176 Å². The molecule has 0 saturated heterocycles. The third kappa shape index (κ3) is 3.73. The lowest BCUT2D eigenvalue weighted by Gasteiger charge is -2.18. The first-order valence-corrected chi connectivity index (χ1v) is 9.87. The van der Waals surface area contributed by atoms with Gasteiger partial charge in [0.1, 0.15) is 12.3 Å². The smallest absolute Gasteiger partial charge is 0.333 e. The van der Waals surface area contributed by atoms with Crippen molar-refractivity contribution in [2.45, 2.75) is 20.0 Å². The molecule has 8 nitrogen and oxygen atoms in total. The van der Waals surface area contributed by atoms with Crippen molar-refractivity contribution >= 4 is 29.0 Å². The van der Waals surface area contributed by atoms with Crippen LogP contribution in [0.1, 0.15) is 17.3 Å². The molecule has 1 aromatic heterocycles. The van der Waals surface area contributed by atoms with Crippen LogP contribution in [0.3, 0.4) is 0 Å². The van der Waals surface area contributed by atoms with E-state index in [1.54, 1.807) is 24.3 Å². The van der Waals surface area contributed by atoms with E-state index < -0.39 is 11.1 Å². The second-order valence-electron chi connectivity index (χ2n) is 6.73. The lowest BCUT2D eigenvalue weighted by Crippen LogP contribution is -2.43. The van der Waals surface area contributed by atoms with Crippen molar-refractivity contribution in [2.24, 2.45) is 0 Å². The molecule has 1 aliphatic rings. The molecule has 2 heterocycles. The van der Waals surface area contributed by atoms with Gasteiger partial charge in [0.25, 0.3) is 0 Å². The van der Waals surface area contributed by atoms with E-state index in [2.05, 4.69) is 5.10 Å². The molecule has 0 radical (unpaired) electrons. The third-order valence-electron chi connectivity index (χ3n) is 4.82. The van der Waals surface area contributed by atoms with E-state index >= 15 is 0 Å². The monoisotopic (exact) mass is 426 g/mol. The van der Waals surface area contributed by atoms with Gasteiger partial charge in [0, 0.05) is 29.4 Å². The maximum Gasteiger partial charge on any atom is 0.333 e. The molecule has 154 valence electrons. The van der Waals surface area contributed by atoms with E-state index in [0.717, 1.165) is 16.1 Å². The highest BCUT2D eigenvalue weighted by atomic mass is 35.5. The molecule has 0 N–H and O–H groups in total. The van der Waals surface area contributed by atoms with E-state index in [9.17, 15) is 14.4 Å². The average molecular weight is 427 g/mol. The Morgan fingerprint density at radius 3 is 2.40 bits per heavy atom.